The Bertz CT molecular complexity index is 648. The van der Waals surface area contributed by atoms with Crippen LogP contribution in [0, 0.1) is 0 Å². The molecule has 0 amide bonds. The molecule has 0 spiro atoms. The molecule has 1 saturated heterocycles. The second kappa shape index (κ2) is 4.93. The molecule has 7 heteroatoms. The molecule has 1 aromatic carbocycles. The molecule has 0 atom stereocenters. The SMILES string of the molecule is CC1(C)OC(=O)C(=Cc2ccc(O)c(C(=O)O)c2)C(=O)O1. The number of aromatic hydroxyl groups is 1. The van der Waals surface area contributed by atoms with E-state index in [4.69, 9.17) is 14.6 Å². The van der Waals surface area contributed by atoms with Gasteiger partial charge in [-0.2, -0.15) is 0 Å². The first kappa shape index (κ1) is 14.6. The van der Waals surface area contributed by atoms with Gasteiger partial charge in [0.1, 0.15) is 16.9 Å². The third-order valence-electron chi connectivity index (χ3n) is 2.68. The number of esters is 2. The Morgan fingerprint density at radius 3 is 2.29 bits per heavy atom. The van der Waals surface area contributed by atoms with Gasteiger partial charge in [-0.05, 0) is 23.8 Å². The van der Waals surface area contributed by atoms with Crippen LogP contribution in [-0.2, 0) is 19.1 Å². The number of carboxylic acid groups (broad SMARTS) is 1. The second-order valence-corrected chi connectivity index (χ2v) is 4.82. The Morgan fingerprint density at radius 1 is 1.19 bits per heavy atom. The number of aromatic carboxylic acids is 1. The average molecular weight is 292 g/mol. The third-order valence-corrected chi connectivity index (χ3v) is 2.68. The highest BCUT2D eigenvalue weighted by Crippen LogP contribution is 2.25. The van der Waals surface area contributed by atoms with Crippen molar-refractivity contribution in [1.29, 1.82) is 0 Å². The molecule has 0 bridgehead atoms. The molecule has 0 radical (unpaired) electrons. The van der Waals surface area contributed by atoms with Gasteiger partial charge in [-0.1, -0.05) is 6.07 Å². The van der Waals surface area contributed by atoms with Gasteiger partial charge in [-0.15, -0.1) is 0 Å². The molecule has 1 heterocycles. The number of hydrogen-bond donors (Lipinski definition) is 2. The first-order chi connectivity index (χ1) is 9.69. The maximum absolute atomic E-state index is 11.8. The minimum atomic E-state index is -1.34. The van der Waals surface area contributed by atoms with E-state index in [1.807, 2.05) is 0 Å². The van der Waals surface area contributed by atoms with Gasteiger partial charge in [-0.3, -0.25) is 0 Å². The Kier molecular flexibility index (Phi) is 3.42. The summed E-state index contributed by atoms with van der Waals surface area (Å²) in [7, 11) is 0. The number of rotatable bonds is 2. The lowest BCUT2D eigenvalue weighted by atomic mass is 10.1. The van der Waals surface area contributed by atoms with Gasteiger partial charge in [0.25, 0.3) is 5.79 Å². The van der Waals surface area contributed by atoms with E-state index < -0.39 is 29.4 Å². The molecule has 110 valence electrons. The fraction of sp³-hybridized carbons (Fsp3) is 0.214. The number of benzene rings is 1. The zero-order valence-corrected chi connectivity index (χ0v) is 11.2. The third kappa shape index (κ3) is 3.02. The van der Waals surface area contributed by atoms with Crippen LogP contribution in [0.1, 0.15) is 29.8 Å². The molecule has 0 saturated carbocycles. The first-order valence-corrected chi connectivity index (χ1v) is 5.94. The summed E-state index contributed by atoms with van der Waals surface area (Å²) >= 11 is 0. The van der Waals surface area contributed by atoms with Gasteiger partial charge < -0.3 is 19.7 Å². The number of carbonyl (C=O) groups is 3. The number of ether oxygens (including phenoxy) is 2. The number of carboxylic acids is 1. The van der Waals surface area contributed by atoms with Crippen molar-refractivity contribution in [3.63, 3.8) is 0 Å². The van der Waals surface area contributed by atoms with Crippen molar-refractivity contribution in [2.24, 2.45) is 0 Å². The molecule has 2 rings (SSSR count). The molecule has 1 aliphatic heterocycles. The van der Waals surface area contributed by atoms with Gasteiger partial charge in [0, 0.05) is 13.8 Å². The van der Waals surface area contributed by atoms with Gasteiger partial charge in [-0.25, -0.2) is 14.4 Å². The van der Waals surface area contributed by atoms with Crippen LogP contribution in [0.15, 0.2) is 23.8 Å². The van der Waals surface area contributed by atoms with Gasteiger partial charge >= 0.3 is 17.9 Å². The lowest BCUT2D eigenvalue weighted by molar-refractivity contribution is -0.222. The Hall–Kier alpha value is -2.83. The lowest BCUT2D eigenvalue weighted by Gasteiger charge is -2.29. The molecular formula is C14H12O7. The zero-order chi connectivity index (χ0) is 15.8. The minimum absolute atomic E-state index is 0.244. The normalized spacial score (nSPS) is 17.0. The van der Waals surface area contributed by atoms with E-state index in [2.05, 4.69) is 0 Å². The molecule has 1 aliphatic rings. The van der Waals surface area contributed by atoms with Gasteiger partial charge in [0.15, 0.2) is 0 Å². The van der Waals surface area contributed by atoms with Gasteiger partial charge in [0.05, 0.1) is 0 Å². The predicted molar refractivity (Wildman–Crippen MR) is 69.3 cm³/mol. The summed E-state index contributed by atoms with van der Waals surface area (Å²) < 4.78 is 9.83. The summed E-state index contributed by atoms with van der Waals surface area (Å²) in [5.41, 5.74) is -0.451. The highest BCUT2D eigenvalue weighted by molar-refractivity contribution is 6.18. The maximum Gasteiger partial charge on any atom is 0.348 e. The van der Waals surface area contributed by atoms with Crippen molar-refractivity contribution in [3.05, 3.63) is 34.9 Å². The number of hydrogen-bond acceptors (Lipinski definition) is 6. The highest BCUT2D eigenvalue weighted by Gasteiger charge is 2.38. The van der Waals surface area contributed by atoms with E-state index in [9.17, 15) is 19.5 Å². The van der Waals surface area contributed by atoms with E-state index >= 15 is 0 Å². The van der Waals surface area contributed by atoms with Crippen LogP contribution in [0.3, 0.4) is 0 Å². The smallest absolute Gasteiger partial charge is 0.348 e. The van der Waals surface area contributed by atoms with Crippen molar-refractivity contribution >= 4 is 24.0 Å². The van der Waals surface area contributed by atoms with Crippen LogP contribution in [0.2, 0.25) is 0 Å². The predicted octanol–water partition coefficient (Wildman–Crippen LogP) is 1.31. The largest absolute Gasteiger partial charge is 0.507 e. The van der Waals surface area contributed by atoms with Crippen LogP contribution in [0.25, 0.3) is 6.08 Å². The van der Waals surface area contributed by atoms with E-state index in [1.54, 1.807) is 0 Å². The van der Waals surface area contributed by atoms with Crippen molar-refractivity contribution in [3.8, 4) is 5.75 Å². The van der Waals surface area contributed by atoms with E-state index in [1.165, 1.54) is 19.9 Å². The zero-order valence-electron chi connectivity index (χ0n) is 11.2. The maximum atomic E-state index is 11.8. The highest BCUT2D eigenvalue weighted by atomic mass is 16.7. The summed E-state index contributed by atoms with van der Waals surface area (Å²) in [6.07, 6.45) is 1.14. The van der Waals surface area contributed by atoms with Crippen LogP contribution in [0.4, 0.5) is 0 Å². The number of cyclic esters (lactones) is 2. The molecule has 0 aromatic heterocycles. The summed E-state index contributed by atoms with van der Waals surface area (Å²) in [6, 6.07) is 3.64. The molecule has 21 heavy (non-hydrogen) atoms. The Labute approximate surface area is 119 Å². The minimum Gasteiger partial charge on any atom is -0.507 e. The van der Waals surface area contributed by atoms with Crippen LogP contribution >= 0.6 is 0 Å². The Balaban J connectivity index is 2.40. The fourth-order valence-corrected chi connectivity index (χ4v) is 1.76. The molecule has 1 fully saturated rings. The van der Waals surface area contributed by atoms with Crippen LogP contribution < -0.4 is 0 Å². The lowest BCUT2D eigenvalue weighted by Crippen LogP contribution is -2.41. The van der Waals surface area contributed by atoms with Crippen molar-refractivity contribution in [2.75, 3.05) is 0 Å². The van der Waals surface area contributed by atoms with Crippen molar-refractivity contribution < 1.29 is 34.1 Å². The summed E-state index contributed by atoms with van der Waals surface area (Å²) in [5.74, 6) is -4.81. The monoisotopic (exact) mass is 292 g/mol. The van der Waals surface area contributed by atoms with Crippen LogP contribution in [0.5, 0.6) is 5.75 Å². The van der Waals surface area contributed by atoms with E-state index in [0.29, 0.717) is 0 Å². The quantitative estimate of drug-likeness (QED) is 0.480. The molecule has 2 N–H and O–H groups in total. The average Bonchev–Trinajstić information content (AvgIpc) is 2.34. The van der Waals surface area contributed by atoms with Crippen LogP contribution in [-0.4, -0.2) is 33.9 Å². The Morgan fingerprint density at radius 2 is 1.76 bits per heavy atom. The standard InChI is InChI=1S/C14H12O7/c1-14(2)20-12(18)9(13(19)21-14)6-7-3-4-10(15)8(5-7)11(16)17/h3-6,15H,1-2H3,(H,16,17). The van der Waals surface area contributed by atoms with Gasteiger partial charge in [0.2, 0.25) is 0 Å². The van der Waals surface area contributed by atoms with Crippen molar-refractivity contribution in [2.45, 2.75) is 19.6 Å². The fourth-order valence-electron chi connectivity index (χ4n) is 1.76. The molecular weight excluding hydrogens is 280 g/mol. The molecule has 1 aromatic rings. The number of carbonyl (C=O) groups excluding carboxylic acids is 2. The first-order valence-electron chi connectivity index (χ1n) is 5.94. The summed E-state index contributed by atoms with van der Waals surface area (Å²) in [6.45, 7) is 2.84. The molecule has 0 unspecified atom stereocenters. The summed E-state index contributed by atoms with van der Waals surface area (Å²) in [5, 5.41) is 18.3. The second-order valence-electron chi connectivity index (χ2n) is 4.82. The summed E-state index contributed by atoms with van der Waals surface area (Å²) in [4.78, 5) is 34.4. The van der Waals surface area contributed by atoms with E-state index in [-0.39, 0.29) is 16.7 Å². The van der Waals surface area contributed by atoms with Crippen molar-refractivity contribution in [1.82, 2.24) is 0 Å². The number of phenols is 1. The topological polar surface area (TPSA) is 110 Å². The molecule has 0 aliphatic carbocycles. The molecule has 7 nitrogen and oxygen atoms in total. The van der Waals surface area contributed by atoms with E-state index in [0.717, 1.165) is 18.2 Å².